The molecule has 2 aromatic rings. The van der Waals surface area contributed by atoms with Gasteiger partial charge in [-0.25, -0.2) is 0 Å². The highest BCUT2D eigenvalue weighted by Crippen LogP contribution is 2.23. The van der Waals surface area contributed by atoms with E-state index in [0.29, 0.717) is 15.0 Å². The van der Waals surface area contributed by atoms with Crippen LogP contribution in [0.4, 0.5) is 5.69 Å². The number of rotatable bonds is 7. The summed E-state index contributed by atoms with van der Waals surface area (Å²) in [6.07, 6.45) is 11.0. The number of nitro benzene ring substituents is 1. The van der Waals surface area contributed by atoms with E-state index in [1.54, 1.807) is 10.6 Å². The van der Waals surface area contributed by atoms with Crippen LogP contribution in [0.5, 0.6) is 0 Å². The molecule has 1 aromatic carbocycles. The summed E-state index contributed by atoms with van der Waals surface area (Å²) in [5, 5.41) is 14.0. The van der Waals surface area contributed by atoms with Gasteiger partial charge in [0.2, 0.25) is 5.91 Å². The van der Waals surface area contributed by atoms with E-state index in [9.17, 15) is 19.7 Å². The van der Waals surface area contributed by atoms with Crippen LogP contribution in [0, 0.1) is 22.5 Å². The lowest BCUT2D eigenvalue weighted by molar-refractivity contribution is -0.384. The first-order valence-corrected chi connectivity index (χ1v) is 11.6. The van der Waals surface area contributed by atoms with Crippen molar-refractivity contribution < 1.29 is 14.5 Å². The number of carbonyl (C=O) groups is 2. The fourth-order valence-corrected chi connectivity index (χ4v) is 5.08. The highest BCUT2D eigenvalue weighted by atomic mass is 32.2. The Kier molecular flexibility index (Phi) is 7.65. The summed E-state index contributed by atoms with van der Waals surface area (Å²) in [5.74, 6) is 2.36. The average molecular weight is 447 g/mol. The summed E-state index contributed by atoms with van der Waals surface area (Å²) < 4.78 is 2.31. The van der Waals surface area contributed by atoms with Crippen molar-refractivity contribution in [3.63, 3.8) is 0 Å². The molecule has 0 aliphatic heterocycles. The highest BCUT2D eigenvalue weighted by Gasteiger charge is 2.16. The monoisotopic (exact) mass is 446 g/mol. The van der Waals surface area contributed by atoms with Gasteiger partial charge in [-0.05, 0) is 18.9 Å². The summed E-state index contributed by atoms with van der Waals surface area (Å²) in [4.78, 5) is 39.4. The smallest absolute Gasteiger partial charge is 0.270 e. The molecule has 8 nitrogen and oxygen atoms in total. The van der Waals surface area contributed by atoms with Crippen molar-refractivity contribution >= 4 is 50.8 Å². The first kappa shape index (κ1) is 22.1. The molecule has 10 heteroatoms. The van der Waals surface area contributed by atoms with E-state index >= 15 is 0 Å². The van der Waals surface area contributed by atoms with Gasteiger partial charge in [-0.15, -0.1) is 18.2 Å². The molecule has 158 valence electrons. The molecule has 0 atom stereocenters. The third kappa shape index (κ3) is 5.70. The van der Waals surface area contributed by atoms with Gasteiger partial charge in [-0.3, -0.25) is 19.7 Å². The number of hydrogen-bond donors (Lipinski definition) is 1. The number of amides is 2. The molecular weight excluding hydrogens is 424 g/mol. The Labute approximate surface area is 181 Å². The number of carbonyl (C=O) groups excluding carboxylic acids is 2. The topological polar surface area (TPSA) is 107 Å². The second-order valence-electron chi connectivity index (χ2n) is 6.98. The van der Waals surface area contributed by atoms with Gasteiger partial charge in [0.05, 0.1) is 33.2 Å². The van der Waals surface area contributed by atoms with Gasteiger partial charge in [0.1, 0.15) is 0 Å². The number of thiazole rings is 1. The number of terminal acetylenes is 1. The minimum atomic E-state index is -0.471. The molecule has 1 fully saturated rings. The maximum atomic E-state index is 12.3. The molecule has 1 N–H and O–H groups in total. The van der Waals surface area contributed by atoms with Crippen molar-refractivity contribution in [3.05, 3.63) is 33.1 Å². The lowest BCUT2D eigenvalue weighted by atomic mass is 9.95. The number of nitrogens with zero attached hydrogens (tertiary/aromatic N) is 3. The van der Waals surface area contributed by atoms with Gasteiger partial charge in [-0.2, -0.15) is 4.99 Å². The van der Waals surface area contributed by atoms with Crippen LogP contribution in [-0.2, 0) is 16.1 Å². The van der Waals surface area contributed by atoms with Crippen LogP contribution in [0.3, 0.4) is 0 Å². The Morgan fingerprint density at radius 2 is 2.10 bits per heavy atom. The molecular formula is C20H22N4O4S2. The van der Waals surface area contributed by atoms with Gasteiger partial charge in [0.25, 0.3) is 11.6 Å². The zero-order valence-electron chi connectivity index (χ0n) is 16.3. The normalized spacial score (nSPS) is 15.1. The SMILES string of the molecule is C#CCn1c(=NC(=O)CSCC(=O)NC2CCCCC2)sc2cc([N+](=O)[O-])ccc21. The van der Waals surface area contributed by atoms with E-state index < -0.39 is 4.92 Å². The summed E-state index contributed by atoms with van der Waals surface area (Å²) in [6.45, 7) is 0.195. The summed E-state index contributed by atoms with van der Waals surface area (Å²) in [7, 11) is 0. The molecule has 30 heavy (non-hydrogen) atoms. The predicted octanol–water partition coefficient (Wildman–Crippen LogP) is 2.85. The number of nitrogens with one attached hydrogen (secondary N) is 1. The third-order valence-electron chi connectivity index (χ3n) is 4.78. The number of benzene rings is 1. The molecule has 1 aliphatic rings. The van der Waals surface area contributed by atoms with Crippen molar-refractivity contribution in [2.45, 2.75) is 44.7 Å². The number of thioether (sulfide) groups is 1. The fourth-order valence-electron chi connectivity index (χ4n) is 3.39. The van der Waals surface area contributed by atoms with Crippen molar-refractivity contribution in [1.82, 2.24) is 9.88 Å². The second kappa shape index (κ2) is 10.4. The predicted molar refractivity (Wildman–Crippen MR) is 118 cm³/mol. The quantitative estimate of drug-likeness (QED) is 0.400. The van der Waals surface area contributed by atoms with E-state index in [0.717, 1.165) is 25.7 Å². The Morgan fingerprint density at radius 1 is 1.33 bits per heavy atom. The van der Waals surface area contributed by atoms with E-state index in [1.807, 2.05) is 0 Å². The Bertz CT molecular complexity index is 1060. The summed E-state index contributed by atoms with van der Waals surface area (Å²) in [5.41, 5.74) is 0.656. The van der Waals surface area contributed by atoms with Gasteiger partial charge in [-0.1, -0.05) is 36.5 Å². The summed E-state index contributed by atoms with van der Waals surface area (Å²) >= 11 is 2.39. The molecule has 1 aromatic heterocycles. The summed E-state index contributed by atoms with van der Waals surface area (Å²) in [6, 6.07) is 4.70. The van der Waals surface area contributed by atoms with Crippen LogP contribution in [0.1, 0.15) is 32.1 Å². The lowest BCUT2D eigenvalue weighted by Crippen LogP contribution is -2.37. The van der Waals surface area contributed by atoms with Crippen molar-refractivity contribution in [3.8, 4) is 12.3 Å². The maximum Gasteiger partial charge on any atom is 0.270 e. The highest BCUT2D eigenvalue weighted by molar-refractivity contribution is 8.00. The lowest BCUT2D eigenvalue weighted by Gasteiger charge is -2.22. The van der Waals surface area contributed by atoms with E-state index in [2.05, 4.69) is 16.2 Å². The van der Waals surface area contributed by atoms with Crippen LogP contribution < -0.4 is 10.1 Å². The largest absolute Gasteiger partial charge is 0.353 e. The van der Waals surface area contributed by atoms with E-state index in [4.69, 9.17) is 6.42 Å². The number of fused-ring (bicyclic) bond motifs is 1. The first-order chi connectivity index (χ1) is 14.5. The van der Waals surface area contributed by atoms with Crippen molar-refractivity contribution in [2.24, 2.45) is 4.99 Å². The Morgan fingerprint density at radius 3 is 2.80 bits per heavy atom. The molecule has 0 spiro atoms. The van der Waals surface area contributed by atoms with Crippen LogP contribution in [0.2, 0.25) is 0 Å². The fraction of sp³-hybridized carbons (Fsp3) is 0.450. The maximum absolute atomic E-state index is 12.3. The van der Waals surface area contributed by atoms with E-state index in [-0.39, 0.29) is 41.6 Å². The number of hydrogen-bond acceptors (Lipinski definition) is 6. The number of aromatic nitrogens is 1. The first-order valence-electron chi connectivity index (χ1n) is 9.64. The zero-order chi connectivity index (χ0) is 21.5. The van der Waals surface area contributed by atoms with Gasteiger partial charge in [0.15, 0.2) is 4.80 Å². The molecule has 0 saturated heterocycles. The molecule has 2 amide bonds. The van der Waals surface area contributed by atoms with Crippen LogP contribution in [-0.4, -0.2) is 38.9 Å². The van der Waals surface area contributed by atoms with Gasteiger partial charge >= 0.3 is 0 Å². The minimum Gasteiger partial charge on any atom is -0.353 e. The number of non-ortho nitro benzene ring substituents is 1. The molecule has 1 aliphatic carbocycles. The second-order valence-corrected chi connectivity index (χ2v) is 8.98. The molecule has 0 bridgehead atoms. The van der Waals surface area contributed by atoms with E-state index in [1.165, 1.54) is 41.7 Å². The minimum absolute atomic E-state index is 0.0333. The van der Waals surface area contributed by atoms with Crippen LogP contribution >= 0.6 is 23.1 Å². The third-order valence-corrected chi connectivity index (χ3v) is 6.73. The standard InChI is InChI=1S/C20H22N4O4S2/c1-2-10-23-16-9-8-15(24(27)28)11-17(16)30-20(23)22-19(26)13-29-12-18(25)21-14-6-4-3-5-7-14/h1,8-9,11,14H,3-7,10,12-13H2,(H,21,25). The van der Waals surface area contributed by atoms with Gasteiger partial charge in [0, 0.05) is 18.2 Å². The van der Waals surface area contributed by atoms with Crippen LogP contribution in [0.15, 0.2) is 23.2 Å². The van der Waals surface area contributed by atoms with Crippen molar-refractivity contribution in [1.29, 1.82) is 0 Å². The average Bonchev–Trinajstić information content (AvgIpc) is 3.05. The van der Waals surface area contributed by atoms with Gasteiger partial charge < -0.3 is 9.88 Å². The number of nitro groups is 1. The molecule has 3 rings (SSSR count). The molecule has 1 saturated carbocycles. The van der Waals surface area contributed by atoms with Crippen molar-refractivity contribution in [2.75, 3.05) is 11.5 Å². The Hall–Kier alpha value is -2.64. The molecule has 0 radical (unpaired) electrons. The molecule has 1 heterocycles. The van der Waals surface area contributed by atoms with Crippen LogP contribution in [0.25, 0.3) is 10.2 Å². The zero-order valence-corrected chi connectivity index (χ0v) is 18.0. The molecule has 0 unspecified atom stereocenters. The Balaban J connectivity index is 1.65.